The Labute approximate surface area is 132 Å². The number of nitrogens with one attached hydrogen (secondary N) is 1. The third-order valence-corrected chi connectivity index (χ3v) is 3.83. The highest BCUT2D eigenvalue weighted by Crippen LogP contribution is 2.33. The monoisotopic (exact) mass is 294 g/mol. The molecule has 0 fully saturated rings. The molecule has 0 atom stereocenters. The lowest BCUT2D eigenvalue weighted by atomic mass is 10.0. The summed E-state index contributed by atoms with van der Waals surface area (Å²) in [5.41, 5.74) is 3.45. The molecule has 2 aromatic rings. The first-order chi connectivity index (χ1) is 10.6. The van der Waals surface area contributed by atoms with Gasteiger partial charge in [-0.3, -0.25) is 4.99 Å². The second-order valence-corrected chi connectivity index (χ2v) is 5.95. The Morgan fingerprint density at radius 3 is 2.64 bits per heavy atom. The number of hydrogen-bond donors (Lipinski definition) is 1. The third-order valence-electron chi connectivity index (χ3n) is 3.83. The molecule has 3 heteroatoms. The van der Waals surface area contributed by atoms with Gasteiger partial charge in [0.2, 0.25) is 0 Å². The highest BCUT2D eigenvalue weighted by atomic mass is 16.5. The Morgan fingerprint density at radius 1 is 1.09 bits per heavy atom. The second-order valence-electron chi connectivity index (χ2n) is 5.95. The molecule has 2 aromatic carbocycles. The van der Waals surface area contributed by atoms with Crippen LogP contribution in [0.1, 0.15) is 36.5 Å². The van der Waals surface area contributed by atoms with Crippen LogP contribution in [0, 0.1) is 6.92 Å². The lowest BCUT2D eigenvalue weighted by Gasteiger charge is -2.17. The van der Waals surface area contributed by atoms with Gasteiger partial charge in [-0.05, 0) is 42.2 Å². The van der Waals surface area contributed by atoms with E-state index < -0.39 is 0 Å². The van der Waals surface area contributed by atoms with E-state index in [1.54, 1.807) is 0 Å². The van der Waals surface area contributed by atoms with Crippen LogP contribution >= 0.6 is 0 Å². The summed E-state index contributed by atoms with van der Waals surface area (Å²) in [6, 6.07) is 14.5. The fourth-order valence-electron chi connectivity index (χ4n) is 2.65. The van der Waals surface area contributed by atoms with Gasteiger partial charge in [0.1, 0.15) is 17.3 Å². The summed E-state index contributed by atoms with van der Waals surface area (Å²) in [5.74, 6) is 3.13. The van der Waals surface area contributed by atoms with Gasteiger partial charge in [0.25, 0.3) is 0 Å². The number of rotatable bonds is 4. The molecule has 0 spiro atoms. The van der Waals surface area contributed by atoms with E-state index in [0.717, 1.165) is 36.0 Å². The molecule has 1 heterocycles. The number of hydrogen-bond acceptors (Lipinski definition) is 3. The summed E-state index contributed by atoms with van der Waals surface area (Å²) < 4.78 is 6.27. The Bertz CT molecular complexity index is 704. The van der Waals surface area contributed by atoms with Crippen LogP contribution in [-0.4, -0.2) is 18.9 Å². The number of aliphatic imine (C=N–C) groups is 1. The summed E-state index contributed by atoms with van der Waals surface area (Å²) in [7, 11) is 0. The first-order valence-electron chi connectivity index (χ1n) is 7.81. The number of ether oxygens (including phenoxy) is 1. The SMILES string of the molecule is Cc1ccc(C(C)C)c(Oc2ccccc2C2=NCCN2)c1. The molecular weight excluding hydrogens is 272 g/mol. The smallest absolute Gasteiger partial charge is 0.138 e. The predicted molar refractivity (Wildman–Crippen MR) is 91.2 cm³/mol. The van der Waals surface area contributed by atoms with Crippen molar-refractivity contribution in [2.45, 2.75) is 26.7 Å². The van der Waals surface area contributed by atoms with Crippen molar-refractivity contribution in [2.24, 2.45) is 4.99 Å². The van der Waals surface area contributed by atoms with Crippen molar-refractivity contribution < 1.29 is 4.74 Å². The second kappa shape index (κ2) is 6.22. The van der Waals surface area contributed by atoms with Crippen molar-refractivity contribution in [3.8, 4) is 11.5 Å². The average Bonchev–Trinajstić information content (AvgIpc) is 3.01. The van der Waals surface area contributed by atoms with Gasteiger partial charge in [-0.2, -0.15) is 0 Å². The molecule has 0 aromatic heterocycles. The van der Waals surface area contributed by atoms with E-state index >= 15 is 0 Å². The van der Waals surface area contributed by atoms with Crippen LogP contribution < -0.4 is 10.1 Å². The lowest BCUT2D eigenvalue weighted by Crippen LogP contribution is -2.20. The molecule has 0 bridgehead atoms. The maximum Gasteiger partial charge on any atom is 0.138 e. The number of amidine groups is 1. The van der Waals surface area contributed by atoms with Gasteiger partial charge < -0.3 is 10.1 Å². The zero-order chi connectivity index (χ0) is 15.5. The van der Waals surface area contributed by atoms with Crippen LogP contribution in [0.2, 0.25) is 0 Å². The number of benzene rings is 2. The molecule has 1 aliphatic rings. The molecule has 3 nitrogen and oxygen atoms in total. The molecule has 0 saturated carbocycles. The molecule has 0 saturated heterocycles. The van der Waals surface area contributed by atoms with Gasteiger partial charge in [0, 0.05) is 6.54 Å². The quantitative estimate of drug-likeness (QED) is 0.914. The fraction of sp³-hybridized carbons (Fsp3) is 0.316. The largest absolute Gasteiger partial charge is 0.456 e. The maximum absolute atomic E-state index is 6.27. The topological polar surface area (TPSA) is 33.6 Å². The van der Waals surface area contributed by atoms with Crippen molar-refractivity contribution in [1.82, 2.24) is 5.32 Å². The number of aryl methyl sites for hydroxylation is 1. The molecule has 1 aliphatic heterocycles. The van der Waals surface area contributed by atoms with Crippen LogP contribution in [0.3, 0.4) is 0 Å². The van der Waals surface area contributed by atoms with E-state index in [1.165, 1.54) is 11.1 Å². The molecule has 0 unspecified atom stereocenters. The summed E-state index contributed by atoms with van der Waals surface area (Å²) in [5, 5.41) is 3.32. The van der Waals surface area contributed by atoms with Gasteiger partial charge in [0.15, 0.2) is 0 Å². The van der Waals surface area contributed by atoms with E-state index in [0.29, 0.717) is 5.92 Å². The number of nitrogens with zero attached hydrogens (tertiary/aromatic N) is 1. The van der Waals surface area contributed by atoms with E-state index in [-0.39, 0.29) is 0 Å². The van der Waals surface area contributed by atoms with Gasteiger partial charge >= 0.3 is 0 Å². The normalized spacial score (nSPS) is 13.9. The van der Waals surface area contributed by atoms with E-state index in [4.69, 9.17) is 4.74 Å². The van der Waals surface area contributed by atoms with Gasteiger partial charge in [-0.15, -0.1) is 0 Å². The first-order valence-corrected chi connectivity index (χ1v) is 7.81. The predicted octanol–water partition coefficient (Wildman–Crippen LogP) is 4.26. The Morgan fingerprint density at radius 2 is 1.91 bits per heavy atom. The summed E-state index contributed by atoms with van der Waals surface area (Å²) in [6.07, 6.45) is 0. The van der Waals surface area contributed by atoms with Crippen molar-refractivity contribution in [2.75, 3.05) is 13.1 Å². The molecule has 114 valence electrons. The zero-order valence-electron chi connectivity index (χ0n) is 13.4. The van der Waals surface area contributed by atoms with Crippen molar-refractivity contribution in [1.29, 1.82) is 0 Å². The standard InChI is InChI=1S/C19H22N2O/c1-13(2)15-9-8-14(3)12-18(15)22-17-7-5-4-6-16(17)19-20-10-11-21-19/h4-9,12-13H,10-11H2,1-3H3,(H,20,21). The summed E-state index contributed by atoms with van der Waals surface area (Å²) in [6.45, 7) is 8.18. The maximum atomic E-state index is 6.27. The molecule has 0 amide bonds. The summed E-state index contributed by atoms with van der Waals surface area (Å²) >= 11 is 0. The highest BCUT2D eigenvalue weighted by molar-refractivity contribution is 6.02. The Hall–Kier alpha value is -2.29. The van der Waals surface area contributed by atoms with Crippen molar-refractivity contribution in [3.05, 3.63) is 59.2 Å². The fourth-order valence-corrected chi connectivity index (χ4v) is 2.65. The Balaban J connectivity index is 1.99. The molecular formula is C19H22N2O. The molecule has 1 N–H and O–H groups in total. The van der Waals surface area contributed by atoms with Gasteiger partial charge in [0.05, 0.1) is 12.1 Å². The minimum absolute atomic E-state index is 0.421. The molecule has 22 heavy (non-hydrogen) atoms. The van der Waals surface area contributed by atoms with Crippen LogP contribution in [-0.2, 0) is 0 Å². The van der Waals surface area contributed by atoms with E-state index in [2.05, 4.69) is 55.3 Å². The summed E-state index contributed by atoms with van der Waals surface area (Å²) in [4.78, 5) is 4.51. The van der Waals surface area contributed by atoms with Crippen LogP contribution in [0.25, 0.3) is 0 Å². The van der Waals surface area contributed by atoms with Crippen LogP contribution in [0.15, 0.2) is 47.5 Å². The highest BCUT2D eigenvalue weighted by Gasteiger charge is 2.15. The lowest BCUT2D eigenvalue weighted by molar-refractivity contribution is 0.471. The first kappa shape index (κ1) is 14.6. The minimum atomic E-state index is 0.421. The van der Waals surface area contributed by atoms with Gasteiger partial charge in [-0.1, -0.05) is 38.1 Å². The molecule has 0 aliphatic carbocycles. The van der Waals surface area contributed by atoms with Crippen molar-refractivity contribution >= 4 is 5.84 Å². The van der Waals surface area contributed by atoms with Crippen LogP contribution in [0.5, 0.6) is 11.5 Å². The van der Waals surface area contributed by atoms with E-state index in [9.17, 15) is 0 Å². The minimum Gasteiger partial charge on any atom is -0.456 e. The van der Waals surface area contributed by atoms with E-state index in [1.807, 2.05) is 18.2 Å². The van der Waals surface area contributed by atoms with Gasteiger partial charge in [-0.25, -0.2) is 0 Å². The molecule has 0 radical (unpaired) electrons. The Kier molecular flexibility index (Phi) is 4.14. The third kappa shape index (κ3) is 2.98. The van der Waals surface area contributed by atoms with Crippen LogP contribution in [0.4, 0.5) is 0 Å². The average molecular weight is 294 g/mol. The zero-order valence-corrected chi connectivity index (χ0v) is 13.4. The molecule has 3 rings (SSSR count). The number of para-hydroxylation sites is 1. The van der Waals surface area contributed by atoms with Crippen molar-refractivity contribution in [3.63, 3.8) is 0 Å².